The Kier molecular flexibility index (Phi) is 6.74. The molecule has 0 radical (unpaired) electrons. The van der Waals surface area contributed by atoms with Crippen molar-refractivity contribution in [2.75, 3.05) is 12.3 Å². The van der Waals surface area contributed by atoms with Crippen LogP contribution in [-0.4, -0.2) is 35.8 Å². The van der Waals surface area contributed by atoms with Gasteiger partial charge < -0.3 is 14.5 Å². The lowest BCUT2D eigenvalue weighted by molar-refractivity contribution is -0.120. The third kappa shape index (κ3) is 5.11. The number of nitrogens with zero attached hydrogens (tertiary/aromatic N) is 2. The van der Waals surface area contributed by atoms with Crippen molar-refractivity contribution < 1.29 is 13.2 Å². The smallest absolute Gasteiger partial charge is 0.316 e. The van der Waals surface area contributed by atoms with E-state index in [4.69, 9.17) is 0 Å². The van der Waals surface area contributed by atoms with E-state index in [0.29, 0.717) is 17.6 Å². The summed E-state index contributed by atoms with van der Waals surface area (Å²) in [6.45, 7) is 0.472. The summed E-state index contributed by atoms with van der Waals surface area (Å²) in [5, 5.41) is 2.75. The lowest BCUT2D eigenvalue weighted by atomic mass is 10.1. The quantitative estimate of drug-likeness (QED) is 0.415. The van der Waals surface area contributed by atoms with Crippen molar-refractivity contribution in [1.29, 1.82) is 0 Å². The van der Waals surface area contributed by atoms with Crippen LogP contribution in [0.1, 0.15) is 18.4 Å². The molecule has 0 saturated carbocycles. The van der Waals surface area contributed by atoms with Crippen molar-refractivity contribution in [3.8, 4) is 0 Å². The molecule has 3 rings (SSSR count). The maximum Gasteiger partial charge on any atom is 0.316 e. The normalized spacial score (nSPS) is 11.5. The summed E-state index contributed by atoms with van der Waals surface area (Å²) in [4.78, 5) is 36.0. The molecular weight excluding hydrogens is 418 g/mol. The van der Waals surface area contributed by atoms with E-state index < -0.39 is 21.0 Å². The second-order valence-corrected chi connectivity index (χ2v) is 9.50. The molecule has 3 aromatic rings. The first-order valence-corrected chi connectivity index (χ1v) is 11.6. The number of hydrogen-bond donors (Lipinski definition) is 1. The zero-order chi connectivity index (χ0) is 22.6. The Balaban J connectivity index is 1.62. The van der Waals surface area contributed by atoms with E-state index in [1.807, 2.05) is 30.3 Å². The SMILES string of the molecule is Cn1c(=O)c(=O)n(C)c2cc(S(=O)(=O)CCC(=O)NCCCc3ccccc3)ccc21. The standard InChI is InChI=1S/C22H25N3O5S/c1-24-18-11-10-17(15-19(18)25(2)22(28)21(24)27)31(29,30)14-12-20(26)23-13-6-9-16-7-4-3-5-8-16/h3-5,7-8,10-11,15H,6,9,12-14H2,1-2H3,(H,23,26). The summed E-state index contributed by atoms with van der Waals surface area (Å²) in [6, 6.07) is 14.2. The zero-order valence-corrected chi connectivity index (χ0v) is 18.3. The Morgan fingerprint density at radius 3 is 2.26 bits per heavy atom. The number of sulfone groups is 1. The van der Waals surface area contributed by atoms with E-state index in [-0.39, 0.29) is 23.0 Å². The number of aromatic nitrogens is 2. The van der Waals surface area contributed by atoms with Gasteiger partial charge in [0.2, 0.25) is 5.91 Å². The van der Waals surface area contributed by atoms with Gasteiger partial charge in [-0.15, -0.1) is 0 Å². The van der Waals surface area contributed by atoms with Crippen molar-refractivity contribution in [2.24, 2.45) is 14.1 Å². The van der Waals surface area contributed by atoms with Crippen LogP contribution in [0.3, 0.4) is 0 Å². The van der Waals surface area contributed by atoms with Gasteiger partial charge in [-0.3, -0.25) is 14.4 Å². The predicted molar refractivity (Wildman–Crippen MR) is 119 cm³/mol. The van der Waals surface area contributed by atoms with Gasteiger partial charge >= 0.3 is 11.1 Å². The topological polar surface area (TPSA) is 107 Å². The highest BCUT2D eigenvalue weighted by atomic mass is 32.2. The van der Waals surface area contributed by atoms with Crippen molar-refractivity contribution >= 4 is 26.8 Å². The van der Waals surface area contributed by atoms with Gasteiger partial charge in [0.15, 0.2) is 9.84 Å². The number of nitrogens with one attached hydrogen (secondary N) is 1. The minimum absolute atomic E-state index is 0.00512. The molecule has 0 aliphatic heterocycles. The highest BCUT2D eigenvalue weighted by molar-refractivity contribution is 7.91. The number of amides is 1. The highest BCUT2D eigenvalue weighted by Gasteiger charge is 2.18. The molecule has 164 valence electrons. The molecule has 1 aromatic heterocycles. The summed E-state index contributed by atoms with van der Waals surface area (Å²) in [5.41, 5.74) is 0.539. The maximum absolute atomic E-state index is 12.7. The van der Waals surface area contributed by atoms with E-state index in [9.17, 15) is 22.8 Å². The molecule has 0 unspecified atom stereocenters. The molecule has 0 aliphatic carbocycles. The number of hydrogen-bond acceptors (Lipinski definition) is 5. The average molecular weight is 444 g/mol. The second kappa shape index (κ2) is 9.30. The van der Waals surface area contributed by atoms with Gasteiger partial charge in [-0.25, -0.2) is 8.42 Å². The number of aryl methyl sites for hydroxylation is 3. The minimum Gasteiger partial charge on any atom is -0.356 e. The lowest BCUT2D eigenvalue weighted by Gasteiger charge is -2.11. The summed E-state index contributed by atoms with van der Waals surface area (Å²) in [6.07, 6.45) is 1.44. The third-order valence-electron chi connectivity index (χ3n) is 5.23. The number of benzene rings is 2. The first-order chi connectivity index (χ1) is 14.7. The van der Waals surface area contributed by atoms with E-state index in [1.54, 1.807) is 0 Å². The van der Waals surface area contributed by atoms with Crippen LogP contribution in [0.2, 0.25) is 0 Å². The fourth-order valence-electron chi connectivity index (χ4n) is 3.35. The Morgan fingerprint density at radius 1 is 0.935 bits per heavy atom. The van der Waals surface area contributed by atoms with Crippen molar-refractivity contribution in [3.63, 3.8) is 0 Å². The van der Waals surface area contributed by atoms with Crippen LogP contribution in [0.25, 0.3) is 11.0 Å². The molecule has 2 aromatic carbocycles. The first kappa shape index (κ1) is 22.5. The molecule has 31 heavy (non-hydrogen) atoms. The predicted octanol–water partition coefficient (Wildman–Crippen LogP) is 1.15. The molecule has 0 aliphatic rings. The number of carbonyl (C=O) groups excluding carboxylic acids is 1. The van der Waals surface area contributed by atoms with E-state index in [1.165, 1.54) is 42.4 Å². The van der Waals surface area contributed by atoms with Crippen LogP contribution in [0, 0.1) is 0 Å². The molecule has 1 heterocycles. The van der Waals surface area contributed by atoms with E-state index in [0.717, 1.165) is 17.4 Å². The highest BCUT2D eigenvalue weighted by Crippen LogP contribution is 2.18. The van der Waals surface area contributed by atoms with Crippen molar-refractivity contribution in [3.05, 3.63) is 74.8 Å². The van der Waals surface area contributed by atoms with Crippen molar-refractivity contribution in [2.45, 2.75) is 24.2 Å². The Labute approximate surface area is 180 Å². The molecule has 1 amide bonds. The zero-order valence-electron chi connectivity index (χ0n) is 17.5. The van der Waals surface area contributed by atoms with Gasteiger partial charge in [0, 0.05) is 27.1 Å². The number of rotatable bonds is 8. The van der Waals surface area contributed by atoms with Crippen LogP contribution >= 0.6 is 0 Å². The van der Waals surface area contributed by atoms with Crippen molar-refractivity contribution in [1.82, 2.24) is 14.5 Å². The van der Waals surface area contributed by atoms with Gasteiger partial charge in [0.05, 0.1) is 21.7 Å². The van der Waals surface area contributed by atoms with Crippen LogP contribution in [-0.2, 0) is 35.1 Å². The molecule has 9 heteroatoms. The van der Waals surface area contributed by atoms with Crippen LogP contribution < -0.4 is 16.4 Å². The molecule has 0 bridgehead atoms. The molecule has 0 spiro atoms. The molecule has 0 saturated heterocycles. The summed E-state index contributed by atoms with van der Waals surface area (Å²) < 4.78 is 27.7. The summed E-state index contributed by atoms with van der Waals surface area (Å²) in [7, 11) is -0.854. The summed E-state index contributed by atoms with van der Waals surface area (Å²) in [5.74, 6) is -0.671. The second-order valence-electron chi connectivity index (χ2n) is 7.39. The maximum atomic E-state index is 12.7. The molecule has 8 nitrogen and oxygen atoms in total. The first-order valence-electron chi connectivity index (χ1n) is 9.94. The van der Waals surface area contributed by atoms with Crippen LogP contribution in [0.15, 0.2) is 63.0 Å². The Morgan fingerprint density at radius 2 is 1.58 bits per heavy atom. The Hall–Kier alpha value is -3.20. The van der Waals surface area contributed by atoms with E-state index in [2.05, 4.69) is 5.32 Å². The molecule has 0 fully saturated rings. The monoisotopic (exact) mass is 443 g/mol. The van der Waals surface area contributed by atoms with Gasteiger partial charge in [-0.05, 0) is 36.6 Å². The fraction of sp³-hybridized carbons (Fsp3) is 0.318. The van der Waals surface area contributed by atoms with Gasteiger partial charge in [0.1, 0.15) is 0 Å². The molecule has 1 N–H and O–H groups in total. The lowest BCUT2D eigenvalue weighted by Crippen LogP contribution is -2.39. The van der Waals surface area contributed by atoms with Crippen LogP contribution in [0.5, 0.6) is 0 Å². The number of fused-ring (bicyclic) bond motifs is 1. The van der Waals surface area contributed by atoms with Gasteiger partial charge in [0.25, 0.3) is 0 Å². The molecular formula is C22H25N3O5S. The van der Waals surface area contributed by atoms with Crippen LogP contribution in [0.4, 0.5) is 0 Å². The summed E-state index contributed by atoms with van der Waals surface area (Å²) >= 11 is 0. The van der Waals surface area contributed by atoms with Gasteiger partial charge in [-0.1, -0.05) is 30.3 Å². The third-order valence-corrected chi connectivity index (χ3v) is 6.94. The molecule has 0 atom stereocenters. The average Bonchev–Trinajstić information content (AvgIpc) is 2.78. The van der Waals surface area contributed by atoms with E-state index >= 15 is 0 Å². The Bertz CT molecular complexity index is 1320. The minimum atomic E-state index is -3.74. The van der Waals surface area contributed by atoms with Gasteiger partial charge in [-0.2, -0.15) is 0 Å². The fourth-order valence-corrected chi connectivity index (χ4v) is 4.61. The number of carbonyl (C=O) groups is 1. The largest absolute Gasteiger partial charge is 0.356 e.